The zero-order valence-electron chi connectivity index (χ0n) is 15.0. The van der Waals surface area contributed by atoms with E-state index in [-0.39, 0.29) is 5.56 Å². The van der Waals surface area contributed by atoms with Gasteiger partial charge in [0.2, 0.25) is 0 Å². The number of hydrogen-bond acceptors (Lipinski definition) is 5. The van der Waals surface area contributed by atoms with E-state index in [9.17, 15) is 8.78 Å². The molecule has 3 heterocycles. The lowest BCUT2D eigenvalue weighted by Gasteiger charge is -2.35. The summed E-state index contributed by atoms with van der Waals surface area (Å²) >= 11 is 0. The van der Waals surface area contributed by atoms with Crippen molar-refractivity contribution in [3.63, 3.8) is 0 Å². The molecule has 0 unspecified atom stereocenters. The Hall–Kier alpha value is -2.87. The molecule has 6 nitrogen and oxygen atoms in total. The molecule has 0 saturated carbocycles. The fourth-order valence-electron chi connectivity index (χ4n) is 3.36. The van der Waals surface area contributed by atoms with Gasteiger partial charge in [-0.25, -0.2) is 13.8 Å². The summed E-state index contributed by atoms with van der Waals surface area (Å²) in [7, 11) is 1.91. The van der Waals surface area contributed by atoms with Crippen LogP contribution in [0.5, 0.6) is 0 Å². The molecule has 8 heteroatoms. The third-order valence-electron chi connectivity index (χ3n) is 4.70. The molecule has 2 aromatic heterocycles. The summed E-state index contributed by atoms with van der Waals surface area (Å²) in [4.78, 5) is 13.2. The molecule has 1 aliphatic rings. The molecule has 0 aliphatic carbocycles. The van der Waals surface area contributed by atoms with Crippen LogP contribution >= 0.6 is 0 Å². The molecule has 4 rings (SSSR count). The highest BCUT2D eigenvalue weighted by Crippen LogP contribution is 2.29. The van der Waals surface area contributed by atoms with Gasteiger partial charge in [0, 0.05) is 75.6 Å². The predicted octanol–water partition coefficient (Wildman–Crippen LogP) is 2.48. The van der Waals surface area contributed by atoms with Crippen LogP contribution in [-0.2, 0) is 13.6 Å². The van der Waals surface area contributed by atoms with E-state index in [1.165, 1.54) is 23.9 Å². The van der Waals surface area contributed by atoms with Gasteiger partial charge in [-0.15, -0.1) is 0 Å². The fraction of sp³-hybridized carbons (Fsp3) is 0.316. The Kier molecular flexibility index (Phi) is 4.81. The fourth-order valence-corrected chi connectivity index (χ4v) is 3.36. The van der Waals surface area contributed by atoms with Gasteiger partial charge in [0.25, 0.3) is 0 Å². The normalized spacial score (nSPS) is 15.3. The number of rotatable bonds is 4. The summed E-state index contributed by atoms with van der Waals surface area (Å²) in [6, 6.07) is 3.53. The number of halogens is 2. The average Bonchev–Trinajstić information content (AvgIpc) is 3.07. The summed E-state index contributed by atoms with van der Waals surface area (Å²) in [5.74, 6) is -0.610. The first-order chi connectivity index (χ1) is 13.1. The van der Waals surface area contributed by atoms with E-state index in [2.05, 4.69) is 24.9 Å². The SMILES string of the molecule is Cn1cc(CN2CCN(c3nccnc3-c3ccc(F)cc3F)CC2)cn1. The first-order valence-electron chi connectivity index (χ1n) is 8.81. The molecule has 0 bridgehead atoms. The van der Waals surface area contributed by atoms with Crippen molar-refractivity contribution in [2.45, 2.75) is 6.54 Å². The summed E-state index contributed by atoms with van der Waals surface area (Å²) in [5.41, 5.74) is 1.88. The van der Waals surface area contributed by atoms with Gasteiger partial charge < -0.3 is 4.90 Å². The van der Waals surface area contributed by atoms with Gasteiger partial charge in [0.05, 0.1) is 6.20 Å². The minimum absolute atomic E-state index is 0.261. The van der Waals surface area contributed by atoms with Crippen molar-refractivity contribution >= 4 is 5.82 Å². The molecule has 0 N–H and O–H groups in total. The van der Waals surface area contributed by atoms with Crippen LogP contribution < -0.4 is 4.90 Å². The third-order valence-corrected chi connectivity index (χ3v) is 4.70. The van der Waals surface area contributed by atoms with Gasteiger partial charge in [0.15, 0.2) is 5.82 Å². The summed E-state index contributed by atoms with van der Waals surface area (Å²) in [6.07, 6.45) is 7.03. The molecule has 140 valence electrons. The van der Waals surface area contributed by atoms with Gasteiger partial charge in [-0.3, -0.25) is 14.6 Å². The van der Waals surface area contributed by atoms with Crippen LogP contribution in [0.3, 0.4) is 0 Å². The molecule has 27 heavy (non-hydrogen) atoms. The second-order valence-electron chi connectivity index (χ2n) is 6.64. The van der Waals surface area contributed by atoms with Gasteiger partial charge in [-0.1, -0.05) is 0 Å². The van der Waals surface area contributed by atoms with Crippen LogP contribution in [0.15, 0.2) is 43.0 Å². The number of piperazine rings is 1. The standard InChI is InChI=1S/C19H20F2N6/c1-25-12-14(11-24-25)13-26-6-8-27(9-7-26)19-18(22-4-5-23-19)16-3-2-15(20)10-17(16)21/h2-5,10-12H,6-9,13H2,1H3. The lowest BCUT2D eigenvalue weighted by atomic mass is 10.1. The van der Waals surface area contributed by atoms with Crippen LogP contribution in [-0.4, -0.2) is 50.8 Å². The number of aromatic nitrogens is 4. The maximum atomic E-state index is 14.2. The van der Waals surface area contributed by atoms with Crippen LogP contribution in [0, 0.1) is 11.6 Å². The molecule has 0 amide bonds. The topological polar surface area (TPSA) is 50.1 Å². The average molecular weight is 370 g/mol. The number of aryl methyl sites for hydroxylation is 1. The molecule has 1 aliphatic heterocycles. The van der Waals surface area contributed by atoms with Crippen molar-refractivity contribution in [1.82, 2.24) is 24.6 Å². The first-order valence-corrected chi connectivity index (χ1v) is 8.81. The van der Waals surface area contributed by atoms with Gasteiger partial charge in [-0.2, -0.15) is 5.10 Å². The van der Waals surface area contributed by atoms with Crippen molar-refractivity contribution in [1.29, 1.82) is 0 Å². The van der Waals surface area contributed by atoms with Crippen molar-refractivity contribution < 1.29 is 8.78 Å². The Morgan fingerprint density at radius 1 is 1.04 bits per heavy atom. The lowest BCUT2D eigenvalue weighted by molar-refractivity contribution is 0.249. The minimum atomic E-state index is -0.632. The van der Waals surface area contributed by atoms with Gasteiger partial charge in [0.1, 0.15) is 17.3 Å². The van der Waals surface area contributed by atoms with E-state index < -0.39 is 11.6 Å². The second kappa shape index (κ2) is 7.40. The van der Waals surface area contributed by atoms with Crippen LogP contribution in [0.2, 0.25) is 0 Å². The molecule has 1 fully saturated rings. The smallest absolute Gasteiger partial charge is 0.155 e. The van der Waals surface area contributed by atoms with Crippen LogP contribution in [0.4, 0.5) is 14.6 Å². The van der Waals surface area contributed by atoms with E-state index in [1.54, 1.807) is 10.9 Å². The Labute approximate surface area is 156 Å². The molecular formula is C19H20F2N6. The molecule has 3 aromatic rings. The molecule has 0 atom stereocenters. The Morgan fingerprint density at radius 2 is 1.81 bits per heavy atom. The van der Waals surface area contributed by atoms with Crippen molar-refractivity contribution in [3.05, 3.63) is 60.2 Å². The zero-order valence-corrected chi connectivity index (χ0v) is 15.0. The Bertz CT molecular complexity index is 933. The monoisotopic (exact) mass is 370 g/mol. The highest BCUT2D eigenvalue weighted by atomic mass is 19.1. The highest BCUT2D eigenvalue weighted by molar-refractivity contribution is 5.72. The first kappa shape index (κ1) is 17.5. The summed E-state index contributed by atoms with van der Waals surface area (Å²) < 4.78 is 29.3. The van der Waals surface area contributed by atoms with E-state index in [0.29, 0.717) is 11.5 Å². The summed E-state index contributed by atoms with van der Waals surface area (Å²) in [6.45, 7) is 4.08. The van der Waals surface area contributed by atoms with Gasteiger partial charge in [-0.05, 0) is 12.1 Å². The Morgan fingerprint density at radius 3 is 2.52 bits per heavy atom. The molecule has 0 radical (unpaired) electrons. The van der Waals surface area contributed by atoms with E-state index >= 15 is 0 Å². The third kappa shape index (κ3) is 3.80. The van der Waals surface area contributed by atoms with Crippen molar-refractivity contribution in [2.24, 2.45) is 7.05 Å². The van der Waals surface area contributed by atoms with Crippen LogP contribution in [0.1, 0.15) is 5.56 Å². The zero-order chi connectivity index (χ0) is 18.8. The number of anilines is 1. The predicted molar refractivity (Wildman–Crippen MR) is 98.1 cm³/mol. The molecular weight excluding hydrogens is 350 g/mol. The largest absolute Gasteiger partial charge is 0.352 e. The maximum Gasteiger partial charge on any atom is 0.155 e. The number of benzene rings is 1. The molecule has 0 spiro atoms. The second-order valence-corrected chi connectivity index (χ2v) is 6.64. The van der Waals surface area contributed by atoms with E-state index in [4.69, 9.17) is 0 Å². The highest BCUT2D eigenvalue weighted by Gasteiger charge is 2.23. The number of nitrogens with zero attached hydrogens (tertiary/aromatic N) is 6. The van der Waals surface area contributed by atoms with Crippen LogP contribution in [0.25, 0.3) is 11.3 Å². The lowest BCUT2D eigenvalue weighted by Crippen LogP contribution is -2.46. The maximum absolute atomic E-state index is 14.2. The molecule has 1 aromatic carbocycles. The number of hydrogen-bond donors (Lipinski definition) is 0. The quantitative estimate of drug-likeness (QED) is 0.706. The van der Waals surface area contributed by atoms with E-state index in [1.807, 2.05) is 19.4 Å². The summed E-state index contributed by atoms with van der Waals surface area (Å²) in [5, 5.41) is 4.20. The molecule has 1 saturated heterocycles. The van der Waals surface area contributed by atoms with Crippen molar-refractivity contribution in [2.75, 3.05) is 31.1 Å². The van der Waals surface area contributed by atoms with Gasteiger partial charge >= 0.3 is 0 Å². The van der Waals surface area contributed by atoms with E-state index in [0.717, 1.165) is 38.8 Å². The van der Waals surface area contributed by atoms with Crippen molar-refractivity contribution in [3.8, 4) is 11.3 Å². The minimum Gasteiger partial charge on any atom is -0.352 e. The Balaban J connectivity index is 1.50.